The van der Waals surface area contributed by atoms with Gasteiger partial charge in [0.2, 0.25) is 0 Å². The summed E-state index contributed by atoms with van der Waals surface area (Å²) in [5.74, 6) is -1.06. The molecule has 1 aliphatic rings. The number of carbonyl (C=O) groups excluding carboxylic acids is 2. The van der Waals surface area contributed by atoms with Crippen LogP contribution < -0.4 is 5.32 Å². The van der Waals surface area contributed by atoms with Gasteiger partial charge in [0.25, 0.3) is 11.8 Å². The van der Waals surface area contributed by atoms with Crippen molar-refractivity contribution >= 4 is 17.6 Å². The fourth-order valence-corrected chi connectivity index (χ4v) is 2.15. The minimum absolute atomic E-state index is 0.0746. The van der Waals surface area contributed by atoms with Gasteiger partial charge in [0, 0.05) is 17.5 Å². The molecule has 1 aromatic rings. The first-order valence-electron chi connectivity index (χ1n) is 7.21. The van der Waals surface area contributed by atoms with Crippen LogP contribution in [-0.2, 0) is 15.0 Å². The van der Waals surface area contributed by atoms with E-state index in [2.05, 4.69) is 15.5 Å². The molecule has 7 heteroatoms. The second-order valence-electron chi connectivity index (χ2n) is 6.72. The quantitative estimate of drug-likeness (QED) is 0.791. The lowest BCUT2D eigenvalue weighted by molar-refractivity contribution is -0.129. The van der Waals surface area contributed by atoms with Gasteiger partial charge in [0.05, 0.1) is 17.8 Å². The number of hydrogen-bond acceptors (Lipinski definition) is 4. The van der Waals surface area contributed by atoms with Crippen molar-refractivity contribution in [2.75, 3.05) is 11.9 Å². The fourth-order valence-electron chi connectivity index (χ4n) is 2.15. The van der Waals surface area contributed by atoms with Gasteiger partial charge in [-0.15, -0.1) is 0 Å². The first-order chi connectivity index (χ1) is 10.1. The number of hydrogen-bond donors (Lipinski definition) is 3. The normalized spacial score (nSPS) is 15.9. The lowest BCUT2D eigenvalue weighted by Gasteiger charge is -2.20. The molecule has 2 heterocycles. The van der Waals surface area contributed by atoms with Crippen LogP contribution in [0.4, 0.5) is 5.82 Å². The molecular weight excluding hydrogens is 284 g/mol. The molecule has 0 spiro atoms. The van der Waals surface area contributed by atoms with E-state index in [0.29, 0.717) is 5.82 Å². The van der Waals surface area contributed by atoms with Crippen molar-refractivity contribution in [3.63, 3.8) is 0 Å². The number of amides is 2. The molecule has 1 aliphatic heterocycles. The average molecular weight is 306 g/mol. The summed E-state index contributed by atoms with van der Waals surface area (Å²) in [6.07, 6.45) is 0. The van der Waals surface area contributed by atoms with Crippen LogP contribution in [0.25, 0.3) is 0 Å². The largest absolute Gasteiger partial charge is 0.503 e. The second-order valence-corrected chi connectivity index (χ2v) is 6.72. The lowest BCUT2D eigenvalue weighted by Crippen LogP contribution is -2.34. The molecule has 0 fully saturated rings. The Hall–Kier alpha value is -2.31. The molecule has 7 nitrogen and oxygen atoms in total. The fraction of sp³-hybridized carbons (Fsp3) is 0.533. The van der Waals surface area contributed by atoms with Crippen LogP contribution in [0.5, 0.6) is 0 Å². The molecule has 0 unspecified atom stereocenters. The second kappa shape index (κ2) is 5.47. The Balaban J connectivity index is 2.13. The molecular formula is C15H22N4O3. The Bertz CT molecular complexity index is 637. The Morgan fingerprint density at radius 3 is 2.55 bits per heavy atom. The van der Waals surface area contributed by atoms with Crippen molar-refractivity contribution in [3.05, 3.63) is 23.1 Å². The van der Waals surface area contributed by atoms with E-state index in [9.17, 15) is 14.7 Å². The first-order valence-corrected chi connectivity index (χ1v) is 7.21. The molecule has 22 heavy (non-hydrogen) atoms. The summed E-state index contributed by atoms with van der Waals surface area (Å²) in [6, 6.07) is 1.66. The van der Waals surface area contributed by atoms with Gasteiger partial charge in [0.1, 0.15) is 5.82 Å². The Labute approximate surface area is 129 Å². The van der Waals surface area contributed by atoms with Crippen LogP contribution in [0.15, 0.2) is 17.4 Å². The molecule has 0 saturated heterocycles. The number of rotatable bonds is 3. The molecule has 0 aliphatic carbocycles. The highest BCUT2D eigenvalue weighted by molar-refractivity contribution is 6.11. The predicted octanol–water partition coefficient (Wildman–Crippen LogP) is 1.71. The van der Waals surface area contributed by atoms with E-state index in [1.807, 2.05) is 34.6 Å². The lowest BCUT2D eigenvalue weighted by atomic mass is 9.92. The van der Waals surface area contributed by atoms with Crippen LogP contribution in [0.1, 0.15) is 40.3 Å². The third-order valence-corrected chi connectivity index (χ3v) is 3.57. The number of aromatic nitrogens is 2. The van der Waals surface area contributed by atoms with E-state index < -0.39 is 17.6 Å². The highest BCUT2D eigenvalue weighted by Gasteiger charge is 2.35. The number of aliphatic hydroxyl groups excluding tert-OH is 1. The zero-order valence-electron chi connectivity index (χ0n) is 13.5. The predicted molar refractivity (Wildman–Crippen MR) is 82.4 cm³/mol. The molecule has 0 aromatic carbocycles. The molecule has 2 rings (SSSR count). The van der Waals surface area contributed by atoms with E-state index in [4.69, 9.17) is 0 Å². The zero-order valence-corrected chi connectivity index (χ0v) is 13.5. The van der Waals surface area contributed by atoms with E-state index in [1.165, 1.54) is 4.90 Å². The number of nitrogens with one attached hydrogen (secondary N) is 2. The summed E-state index contributed by atoms with van der Waals surface area (Å²) in [7, 11) is 0. The van der Waals surface area contributed by atoms with E-state index in [0.717, 1.165) is 5.69 Å². The number of nitrogens with zero attached hydrogens (tertiary/aromatic N) is 2. The number of H-pyrrole nitrogens is 1. The van der Waals surface area contributed by atoms with E-state index in [-0.39, 0.29) is 23.6 Å². The number of anilines is 1. The van der Waals surface area contributed by atoms with Crippen LogP contribution in [-0.4, -0.2) is 44.6 Å². The molecule has 120 valence electrons. The monoisotopic (exact) mass is 306 g/mol. The molecule has 0 bridgehead atoms. The van der Waals surface area contributed by atoms with Crippen molar-refractivity contribution in [2.45, 2.75) is 46.1 Å². The molecule has 1 aromatic heterocycles. The van der Waals surface area contributed by atoms with Crippen molar-refractivity contribution in [1.82, 2.24) is 15.1 Å². The molecule has 3 N–H and O–H groups in total. The summed E-state index contributed by atoms with van der Waals surface area (Å²) in [4.78, 5) is 25.6. The number of aliphatic hydroxyl groups is 1. The SMILES string of the molecule is CC(C)N1CC(C(=O)Nc2cc(C(C)(C)C)n[nH]2)=C(O)C1=O. The van der Waals surface area contributed by atoms with Gasteiger partial charge in [-0.05, 0) is 13.8 Å². The van der Waals surface area contributed by atoms with Crippen LogP contribution in [0.3, 0.4) is 0 Å². The minimum Gasteiger partial charge on any atom is -0.503 e. The highest BCUT2D eigenvalue weighted by Crippen LogP contribution is 2.24. The highest BCUT2D eigenvalue weighted by atomic mass is 16.3. The summed E-state index contributed by atoms with van der Waals surface area (Å²) >= 11 is 0. The molecule has 0 atom stereocenters. The summed E-state index contributed by atoms with van der Waals surface area (Å²) in [5.41, 5.74) is 0.747. The van der Waals surface area contributed by atoms with Crippen molar-refractivity contribution < 1.29 is 14.7 Å². The third kappa shape index (κ3) is 2.98. The van der Waals surface area contributed by atoms with Gasteiger partial charge in [0.15, 0.2) is 5.76 Å². The maximum Gasteiger partial charge on any atom is 0.289 e. The van der Waals surface area contributed by atoms with Crippen molar-refractivity contribution in [3.8, 4) is 0 Å². The van der Waals surface area contributed by atoms with Gasteiger partial charge in [-0.2, -0.15) is 5.10 Å². The molecule has 0 saturated carbocycles. The van der Waals surface area contributed by atoms with E-state index in [1.54, 1.807) is 6.07 Å². The summed E-state index contributed by atoms with van der Waals surface area (Å²) in [5, 5.41) is 19.4. The van der Waals surface area contributed by atoms with Crippen molar-refractivity contribution in [2.24, 2.45) is 0 Å². The van der Waals surface area contributed by atoms with Gasteiger partial charge in [-0.1, -0.05) is 20.8 Å². The Kier molecular flexibility index (Phi) is 4.00. The Morgan fingerprint density at radius 1 is 1.45 bits per heavy atom. The standard InChI is InChI=1S/C15H22N4O3/c1-8(2)19-7-9(12(20)14(19)22)13(21)16-11-6-10(17-18-11)15(3,4)5/h6,8,20H,7H2,1-5H3,(H2,16,17,18,21). The van der Waals surface area contributed by atoms with Gasteiger partial charge >= 0.3 is 0 Å². The van der Waals surface area contributed by atoms with Crippen LogP contribution >= 0.6 is 0 Å². The summed E-state index contributed by atoms with van der Waals surface area (Å²) in [6.45, 7) is 9.80. The van der Waals surface area contributed by atoms with Gasteiger partial charge < -0.3 is 15.3 Å². The number of aromatic amines is 1. The first kappa shape index (κ1) is 16.1. The average Bonchev–Trinajstić information content (AvgIpc) is 2.96. The minimum atomic E-state index is -0.514. The van der Waals surface area contributed by atoms with Crippen molar-refractivity contribution in [1.29, 1.82) is 0 Å². The molecule has 0 radical (unpaired) electrons. The smallest absolute Gasteiger partial charge is 0.289 e. The van der Waals surface area contributed by atoms with Crippen LogP contribution in [0, 0.1) is 0 Å². The topological polar surface area (TPSA) is 98.3 Å². The van der Waals surface area contributed by atoms with Gasteiger partial charge in [-0.3, -0.25) is 14.7 Å². The van der Waals surface area contributed by atoms with Crippen LogP contribution in [0.2, 0.25) is 0 Å². The maximum absolute atomic E-state index is 12.2. The Morgan fingerprint density at radius 2 is 2.09 bits per heavy atom. The summed E-state index contributed by atoms with van der Waals surface area (Å²) < 4.78 is 0. The maximum atomic E-state index is 12.2. The molecule has 2 amide bonds. The third-order valence-electron chi connectivity index (χ3n) is 3.57. The van der Waals surface area contributed by atoms with Gasteiger partial charge in [-0.25, -0.2) is 0 Å². The zero-order chi connectivity index (χ0) is 16.7. The number of carbonyl (C=O) groups is 2. The van der Waals surface area contributed by atoms with E-state index >= 15 is 0 Å².